The molecule has 0 spiro atoms. The number of fused-ring (bicyclic) bond motifs is 1. The number of likely N-dealkylation sites (N-methyl/N-ethyl adjacent to an activating group) is 1. The standard InChI is InChI=1S/C18H25ClN4/c1-22(2)18(8-10-23(3)11-9-18)13-20-17-7-4-14-12-15(19)5-6-16(14)21-17/h4-7,12H,8-11,13H2,1-3H3,(H,20,21). The van der Waals surface area contributed by atoms with Crippen molar-refractivity contribution in [2.75, 3.05) is 46.1 Å². The zero-order valence-electron chi connectivity index (χ0n) is 14.1. The van der Waals surface area contributed by atoms with Crippen LogP contribution in [0.1, 0.15) is 12.8 Å². The van der Waals surface area contributed by atoms with E-state index in [1.165, 1.54) is 12.8 Å². The molecule has 23 heavy (non-hydrogen) atoms. The summed E-state index contributed by atoms with van der Waals surface area (Å²) in [6.07, 6.45) is 2.35. The highest BCUT2D eigenvalue weighted by molar-refractivity contribution is 6.31. The normalized spacial score (nSPS) is 18.5. The lowest BCUT2D eigenvalue weighted by atomic mass is 9.86. The molecule has 0 amide bonds. The van der Waals surface area contributed by atoms with Gasteiger partial charge in [0, 0.05) is 22.5 Å². The molecule has 124 valence electrons. The number of hydrogen-bond donors (Lipinski definition) is 1. The Hall–Kier alpha value is -1.36. The maximum Gasteiger partial charge on any atom is 0.126 e. The van der Waals surface area contributed by atoms with Crippen molar-refractivity contribution in [1.82, 2.24) is 14.8 Å². The van der Waals surface area contributed by atoms with Crippen molar-refractivity contribution in [1.29, 1.82) is 0 Å². The van der Waals surface area contributed by atoms with Gasteiger partial charge in [-0.1, -0.05) is 11.6 Å². The van der Waals surface area contributed by atoms with Crippen LogP contribution in [0.2, 0.25) is 5.02 Å². The van der Waals surface area contributed by atoms with Gasteiger partial charge in [0.15, 0.2) is 0 Å². The van der Waals surface area contributed by atoms with E-state index in [2.05, 4.69) is 42.3 Å². The maximum absolute atomic E-state index is 6.03. The third kappa shape index (κ3) is 3.60. The average Bonchev–Trinajstić information content (AvgIpc) is 2.54. The van der Waals surface area contributed by atoms with Gasteiger partial charge >= 0.3 is 0 Å². The molecule has 0 radical (unpaired) electrons. The Labute approximate surface area is 143 Å². The number of halogens is 1. The number of pyridine rings is 1. The number of aromatic nitrogens is 1. The predicted octanol–water partition coefficient (Wildman–Crippen LogP) is 3.33. The molecule has 0 unspecified atom stereocenters. The maximum atomic E-state index is 6.03. The van der Waals surface area contributed by atoms with Gasteiger partial charge in [0.05, 0.1) is 5.52 Å². The molecule has 2 heterocycles. The van der Waals surface area contributed by atoms with E-state index >= 15 is 0 Å². The minimum absolute atomic E-state index is 0.198. The zero-order valence-corrected chi connectivity index (χ0v) is 14.9. The molecule has 1 aromatic heterocycles. The molecule has 0 atom stereocenters. The Kier molecular flexibility index (Phi) is 4.76. The monoisotopic (exact) mass is 332 g/mol. The summed E-state index contributed by atoms with van der Waals surface area (Å²) < 4.78 is 0. The van der Waals surface area contributed by atoms with E-state index in [0.29, 0.717) is 0 Å². The Morgan fingerprint density at radius 3 is 2.65 bits per heavy atom. The Balaban J connectivity index is 1.74. The molecule has 1 saturated heterocycles. The molecule has 1 N–H and O–H groups in total. The minimum Gasteiger partial charge on any atom is -0.368 e. The molecular weight excluding hydrogens is 308 g/mol. The van der Waals surface area contributed by atoms with Crippen molar-refractivity contribution < 1.29 is 0 Å². The number of anilines is 1. The molecular formula is C18H25ClN4. The molecule has 0 saturated carbocycles. The SMILES string of the molecule is CN1CCC(CNc2ccc3cc(Cl)ccc3n2)(N(C)C)CC1. The molecule has 1 fully saturated rings. The van der Waals surface area contributed by atoms with Crippen molar-refractivity contribution in [3.63, 3.8) is 0 Å². The summed E-state index contributed by atoms with van der Waals surface area (Å²) in [4.78, 5) is 9.48. The lowest BCUT2D eigenvalue weighted by Gasteiger charge is -2.45. The molecule has 1 aromatic carbocycles. The van der Waals surface area contributed by atoms with Gasteiger partial charge in [0.1, 0.15) is 5.82 Å². The van der Waals surface area contributed by atoms with E-state index in [9.17, 15) is 0 Å². The van der Waals surface area contributed by atoms with Crippen LogP contribution in [0.25, 0.3) is 10.9 Å². The van der Waals surface area contributed by atoms with Gasteiger partial charge in [-0.3, -0.25) is 0 Å². The second-order valence-electron chi connectivity index (χ2n) is 6.81. The first-order valence-corrected chi connectivity index (χ1v) is 8.52. The molecule has 5 heteroatoms. The Morgan fingerprint density at radius 1 is 1.22 bits per heavy atom. The van der Waals surface area contributed by atoms with Gasteiger partial charge in [-0.05, 0) is 77.4 Å². The van der Waals surface area contributed by atoms with Crippen LogP contribution < -0.4 is 5.32 Å². The van der Waals surface area contributed by atoms with Crippen LogP contribution in [-0.4, -0.2) is 61.1 Å². The van der Waals surface area contributed by atoms with E-state index in [-0.39, 0.29) is 5.54 Å². The summed E-state index contributed by atoms with van der Waals surface area (Å²) in [5.41, 5.74) is 1.17. The molecule has 2 aromatic rings. The summed E-state index contributed by atoms with van der Waals surface area (Å²) in [7, 11) is 6.56. The van der Waals surface area contributed by atoms with Crippen LogP contribution in [0.15, 0.2) is 30.3 Å². The van der Waals surface area contributed by atoms with Gasteiger partial charge < -0.3 is 15.1 Å². The third-order valence-electron chi connectivity index (χ3n) is 5.12. The summed E-state index contributed by atoms with van der Waals surface area (Å²) >= 11 is 6.03. The highest BCUT2D eigenvalue weighted by atomic mass is 35.5. The molecule has 1 aliphatic heterocycles. The highest BCUT2D eigenvalue weighted by Crippen LogP contribution is 2.27. The van der Waals surface area contributed by atoms with Crippen LogP contribution in [0, 0.1) is 0 Å². The van der Waals surface area contributed by atoms with Gasteiger partial charge in [-0.25, -0.2) is 4.98 Å². The lowest BCUT2D eigenvalue weighted by molar-refractivity contribution is 0.0773. The first-order chi connectivity index (χ1) is 11.0. The van der Waals surface area contributed by atoms with Crippen molar-refractivity contribution in [2.45, 2.75) is 18.4 Å². The van der Waals surface area contributed by atoms with E-state index < -0.39 is 0 Å². The van der Waals surface area contributed by atoms with Crippen molar-refractivity contribution in [2.24, 2.45) is 0 Å². The van der Waals surface area contributed by atoms with Crippen molar-refractivity contribution >= 4 is 28.3 Å². The fourth-order valence-electron chi connectivity index (χ4n) is 3.27. The number of nitrogens with zero attached hydrogens (tertiary/aromatic N) is 3. The van der Waals surface area contributed by atoms with Gasteiger partial charge in [-0.2, -0.15) is 0 Å². The second kappa shape index (κ2) is 6.63. The predicted molar refractivity (Wildman–Crippen MR) is 98.4 cm³/mol. The lowest BCUT2D eigenvalue weighted by Crippen LogP contribution is -2.55. The summed E-state index contributed by atoms with van der Waals surface area (Å²) in [5.74, 6) is 0.931. The summed E-state index contributed by atoms with van der Waals surface area (Å²) in [6, 6.07) is 9.93. The molecule has 0 bridgehead atoms. The van der Waals surface area contributed by atoms with Crippen LogP contribution >= 0.6 is 11.6 Å². The van der Waals surface area contributed by atoms with E-state index in [4.69, 9.17) is 16.6 Å². The number of likely N-dealkylation sites (tertiary alicyclic amines) is 1. The third-order valence-corrected chi connectivity index (χ3v) is 5.35. The smallest absolute Gasteiger partial charge is 0.126 e. The second-order valence-corrected chi connectivity index (χ2v) is 7.25. The topological polar surface area (TPSA) is 31.4 Å². The average molecular weight is 333 g/mol. The van der Waals surface area contributed by atoms with Crippen LogP contribution in [0.3, 0.4) is 0 Å². The van der Waals surface area contributed by atoms with Gasteiger partial charge in [-0.15, -0.1) is 0 Å². The number of piperidine rings is 1. The number of rotatable bonds is 4. The van der Waals surface area contributed by atoms with E-state index in [1.807, 2.05) is 24.3 Å². The van der Waals surface area contributed by atoms with Crippen LogP contribution in [0.4, 0.5) is 5.82 Å². The zero-order chi connectivity index (χ0) is 16.4. The summed E-state index contributed by atoms with van der Waals surface area (Å²) in [5, 5.41) is 5.38. The quantitative estimate of drug-likeness (QED) is 0.930. The molecule has 4 nitrogen and oxygen atoms in total. The molecule has 0 aliphatic carbocycles. The van der Waals surface area contributed by atoms with Gasteiger partial charge in [0.25, 0.3) is 0 Å². The van der Waals surface area contributed by atoms with Crippen LogP contribution in [-0.2, 0) is 0 Å². The molecule has 1 aliphatic rings. The van der Waals surface area contributed by atoms with Crippen LogP contribution in [0.5, 0.6) is 0 Å². The number of nitrogens with one attached hydrogen (secondary N) is 1. The minimum atomic E-state index is 0.198. The number of benzene rings is 1. The summed E-state index contributed by atoms with van der Waals surface area (Å²) in [6.45, 7) is 3.20. The first-order valence-electron chi connectivity index (χ1n) is 8.15. The Bertz CT molecular complexity index is 678. The fourth-order valence-corrected chi connectivity index (χ4v) is 3.45. The first kappa shape index (κ1) is 16.5. The molecule has 3 rings (SSSR count). The van der Waals surface area contributed by atoms with E-state index in [1.54, 1.807) is 0 Å². The van der Waals surface area contributed by atoms with Crippen molar-refractivity contribution in [3.05, 3.63) is 35.4 Å². The van der Waals surface area contributed by atoms with Crippen molar-refractivity contribution in [3.8, 4) is 0 Å². The van der Waals surface area contributed by atoms with Gasteiger partial charge in [0.2, 0.25) is 0 Å². The largest absolute Gasteiger partial charge is 0.368 e. The highest BCUT2D eigenvalue weighted by Gasteiger charge is 2.35. The number of hydrogen-bond acceptors (Lipinski definition) is 4. The van der Waals surface area contributed by atoms with E-state index in [0.717, 1.165) is 41.4 Å². The Morgan fingerprint density at radius 2 is 1.96 bits per heavy atom. The fraction of sp³-hybridized carbons (Fsp3) is 0.500.